The van der Waals surface area contributed by atoms with Crippen LogP contribution in [0.4, 0.5) is 10.5 Å². The van der Waals surface area contributed by atoms with E-state index in [2.05, 4.69) is 16.0 Å². The summed E-state index contributed by atoms with van der Waals surface area (Å²) < 4.78 is 11.1. The summed E-state index contributed by atoms with van der Waals surface area (Å²) in [6.45, 7) is 0.166. The second-order valence-corrected chi connectivity index (χ2v) is 8.57. The molecule has 1 fully saturated rings. The smallest absolute Gasteiger partial charge is 0.319 e. The minimum atomic E-state index is -0.534. The molecule has 8 nitrogen and oxygen atoms in total. The first-order valence-electron chi connectivity index (χ1n) is 10.6. The number of hydrogen-bond acceptors (Lipinski definition) is 5. The zero-order valence-electron chi connectivity index (χ0n) is 18.1. The number of halogens is 2. The summed E-state index contributed by atoms with van der Waals surface area (Å²) in [7, 11) is 1.57. The highest BCUT2D eigenvalue weighted by atomic mass is 35.5. The van der Waals surface area contributed by atoms with Crippen LogP contribution in [0.2, 0.25) is 10.0 Å². The number of aliphatic hydroxyl groups is 1. The molecule has 0 saturated carbocycles. The molecule has 0 unspecified atom stereocenters. The average molecular weight is 496 g/mol. The number of anilines is 1. The molecule has 0 radical (unpaired) electrons. The third-order valence-electron chi connectivity index (χ3n) is 5.34. The number of rotatable bonds is 8. The van der Waals surface area contributed by atoms with Crippen molar-refractivity contribution in [1.29, 1.82) is 0 Å². The Morgan fingerprint density at radius 2 is 1.82 bits per heavy atom. The van der Waals surface area contributed by atoms with Gasteiger partial charge in [0.1, 0.15) is 11.9 Å². The molecule has 4 N–H and O–H groups in total. The van der Waals surface area contributed by atoms with Crippen LogP contribution in [0.15, 0.2) is 42.5 Å². The van der Waals surface area contributed by atoms with Gasteiger partial charge in [0, 0.05) is 27.8 Å². The number of amides is 3. The van der Waals surface area contributed by atoms with E-state index in [1.807, 2.05) is 0 Å². The van der Waals surface area contributed by atoms with Gasteiger partial charge in [0.15, 0.2) is 0 Å². The molecule has 3 rings (SSSR count). The first kappa shape index (κ1) is 25.1. The van der Waals surface area contributed by atoms with Crippen molar-refractivity contribution in [3.05, 3.63) is 58.1 Å². The van der Waals surface area contributed by atoms with E-state index in [4.69, 9.17) is 32.7 Å². The van der Waals surface area contributed by atoms with Crippen molar-refractivity contribution < 1.29 is 24.2 Å². The van der Waals surface area contributed by atoms with Crippen molar-refractivity contribution in [3.63, 3.8) is 0 Å². The van der Waals surface area contributed by atoms with Crippen LogP contribution in [-0.4, -0.2) is 55.6 Å². The molecule has 3 atom stereocenters. The van der Waals surface area contributed by atoms with Gasteiger partial charge in [-0.1, -0.05) is 23.2 Å². The Morgan fingerprint density at radius 1 is 1.12 bits per heavy atom. The molecule has 3 amide bonds. The molecule has 0 aromatic heterocycles. The largest absolute Gasteiger partial charge is 0.497 e. The average Bonchev–Trinajstić information content (AvgIpc) is 2.79. The lowest BCUT2D eigenvalue weighted by molar-refractivity contribution is -0.0886. The second-order valence-electron chi connectivity index (χ2n) is 7.69. The number of aliphatic hydroxyl groups excluding tert-OH is 1. The van der Waals surface area contributed by atoms with Crippen molar-refractivity contribution in [2.45, 2.75) is 37.5 Å². The maximum atomic E-state index is 12.4. The highest BCUT2D eigenvalue weighted by Gasteiger charge is 2.31. The van der Waals surface area contributed by atoms with E-state index in [1.54, 1.807) is 49.6 Å². The number of benzene rings is 2. The standard InChI is InChI=1S/C23H27Cl2N3O5/c1-32-18-4-2-17(3-5-18)27-23(31)28-20-7-6-19(33-21(20)13-29)8-9-26-22(30)14-10-15(24)12-16(25)11-14/h2-5,10-12,19-21,29H,6-9,13H2,1H3,(H,26,30)(H2,27,28,31)/t19-,20+,21-/m0/s1. The first-order valence-corrected chi connectivity index (χ1v) is 11.4. The molecule has 0 aliphatic carbocycles. The van der Waals surface area contributed by atoms with Crippen LogP contribution in [0, 0.1) is 0 Å². The van der Waals surface area contributed by atoms with Gasteiger partial charge in [-0.2, -0.15) is 0 Å². The van der Waals surface area contributed by atoms with Gasteiger partial charge in [-0.05, 0) is 61.7 Å². The molecule has 2 aromatic rings. The lowest BCUT2D eigenvalue weighted by Crippen LogP contribution is -2.52. The third kappa shape index (κ3) is 7.50. The van der Waals surface area contributed by atoms with Crippen LogP contribution >= 0.6 is 23.2 Å². The van der Waals surface area contributed by atoms with Crippen LogP contribution < -0.4 is 20.7 Å². The molecule has 2 aromatic carbocycles. The van der Waals surface area contributed by atoms with E-state index >= 15 is 0 Å². The molecule has 33 heavy (non-hydrogen) atoms. The summed E-state index contributed by atoms with van der Waals surface area (Å²) >= 11 is 11.9. The molecule has 0 spiro atoms. The Bertz CT molecular complexity index is 937. The number of ether oxygens (including phenoxy) is 2. The number of methoxy groups -OCH3 is 1. The molecule has 1 heterocycles. The van der Waals surface area contributed by atoms with Gasteiger partial charge >= 0.3 is 6.03 Å². The minimum absolute atomic E-state index is 0.145. The lowest BCUT2D eigenvalue weighted by atomic mass is 9.97. The molecular weight excluding hydrogens is 469 g/mol. The summed E-state index contributed by atoms with van der Waals surface area (Å²) in [6, 6.07) is 10.9. The summed E-state index contributed by atoms with van der Waals surface area (Å²) in [5, 5.41) is 19.0. The Labute approximate surface area is 202 Å². The van der Waals surface area contributed by atoms with E-state index < -0.39 is 6.10 Å². The maximum Gasteiger partial charge on any atom is 0.319 e. The highest BCUT2D eigenvalue weighted by Crippen LogP contribution is 2.23. The molecule has 0 bridgehead atoms. The topological polar surface area (TPSA) is 109 Å². The van der Waals surface area contributed by atoms with Gasteiger partial charge in [0.2, 0.25) is 0 Å². The van der Waals surface area contributed by atoms with E-state index in [0.29, 0.717) is 52.9 Å². The second kappa shape index (κ2) is 12.1. The fraction of sp³-hybridized carbons (Fsp3) is 0.391. The number of nitrogens with one attached hydrogen (secondary N) is 3. The quantitative estimate of drug-likeness (QED) is 0.444. The molecule has 1 saturated heterocycles. The highest BCUT2D eigenvalue weighted by molar-refractivity contribution is 6.35. The monoisotopic (exact) mass is 495 g/mol. The number of carbonyl (C=O) groups is 2. The summed E-state index contributed by atoms with van der Waals surface area (Å²) in [5.74, 6) is 0.421. The minimum Gasteiger partial charge on any atom is -0.497 e. The maximum absolute atomic E-state index is 12.4. The van der Waals surface area contributed by atoms with Crippen molar-refractivity contribution in [3.8, 4) is 5.75 Å². The van der Waals surface area contributed by atoms with Crippen molar-refractivity contribution in [2.24, 2.45) is 0 Å². The molecule has 1 aliphatic rings. The van der Waals surface area contributed by atoms with Gasteiger partial charge in [0.05, 0.1) is 25.9 Å². The van der Waals surface area contributed by atoms with Crippen LogP contribution in [-0.2, 0) is 4.74 Å². The summed E-state index contributed by atoms with van der Waals surface area (Å²) in [4.78, 5) is 24.7. The molecule has 10 heteroatoms. The van der Waals surface area contributed by atoms with Crippen molar-refractivity contribution in [1.82, 2.24) is 10.6 Å². The molecule has 1 aliphatic heterocycles. The Kier molecular flexibility index (Phi) is 9.20. The first-order chi connectivity index (χ1) is 15.9. The number of carbonyl (C=O) groups excluding carboxylic acids is 2. The zero-order chi connectivity index (χ0) is 23.8. The van der Waals surface area contributed by atoms with Crippen LogP contribution in [0.25, 0.3) is 0 Å². The Balaban J connectivity index is 1.43. The fourth-order valence-electron chi connectivity index (χ4n) is 3.65. The summed E-state index contributed by atoms with van der Waals surface area (Å²) in [6.07, 6.45) is 1.22. The van der Waals surface area contributed by atoms with Gasteiger partial charge in [-0.25, -0.2) is 4.79 Å². The predicted octanol–water partition coefficient (Wildman–Crippen LogP) is 3.85. The van der Waals surface area contributed by atoms with E-state index in [9.17, 15) is 14.7 Å². The van der Waals surface area contributed by atoms with Crippen molar-refractivity contribution in [2.75, 3.05) is 25.6 Å². The van der Waals surface area contributed by atoms with Gasteiger partial charge < -0.3 is 30.5 Å². The normalized spacial score (nSPS) is 20.1. The fourth-order valence-corrected chi connectivity index (χ4v) is 4.18. The van der Waals surface area contributed by atoms with E-state index in [0.717, 1.165) is 0 Å². The zero-order valence-corrected chi connectivity index (χ0v) is 19.7. The number of urea groups is 1. The van der Waals surface area contributed by atoms with E-state index in [1.165, 1.54) is 0 Å². The third-order valence-corrected chi connectivity index (χ3v) is 5.77. The SMILES string of the molecule is COc1ccc(NC(=O)N[C@@H]2CC[C@@H](CCNC(=O)c3cc(Cl)cc(Cl)c3)O[C@H]2CO)cc1. The Morgan fingerprint density at radius 3 is 2.45 bits per heavy atom. The van der Waals surface area contributed by atoms with Gasteiger partial charge in [-0.15, -0.1) is 0 Å². The Hall–Kier alpha value is -2.52. The van der Waals surface area contributed by atoms with Crippen LogP contribution in [0.3, 0.4) is 0 Å². The summed E-state index contributed by atoms with van der Waals surface area (Å²) in [5.41, 5.74) is 1.01. The lowest BCUT2D eigenvalue weighted by Gasteiger charge is -2.36. The van der Waals surface area contributed by atoms with Gasteiger partial charge in [0.25, 0.3) is 5.91 Å². The van der Waals surface area contributed by atoms with E-state index in [-0.39, 0.29) is 30.7 Å². The van der Waals surface area contributed by atoms with Crippen LogP contribution in [0.1, 0.15) is 29.6 Å². The molecule has 178 valence electrons. The predicted molar refractivity (Wildman–Crippen MR) is 127 cm³/mol. The van der Waals surface area contributed by atoms with Gasteiger partial charge in [-0.3, -0.25) is 4.79 Å². The number of hydrogen-bond donors (Lipinski definition) is 4. The van der Waals surface area contributed by atoms with Crippen LogP contribution in [0.5, 0.6) is 5.75 Å². The van der Waals surface area contributed by atoms with Crippen molar-refractivity contribution >= 4 is 40.8 Å². The molecular formula is C23H27Cl2N3O5.